The van der Waals surface area contributed by atoms with Gasteiger partial charge in [0.05, 0.1) is 12.0 Å². The van der Waals surface area contributed by atoms with Gasteiger partial charge >= 0.3 is 5.97 Å². The number of carbonyl (C=O) groups is 1. The molecular weight excluding hydrogens is 330 g/mol. The summed E-state index contributed by atoms with van der Waals surface area (Å²) in [4.78, 5) is 16.2. The van der Waals surface area contributed by atoms with Crippen LogP contribution in [0.1, 0.15) is 34.2 Å². The van der Waals surface area contributed by atoms with Crippen molar-refractivity contribution in [3.63, 3.8) is 0 Å². The number of nitrogens with zero attached hydrogens (tertiary/aromatic N) is 1. The molecule has 2 heterocycles. The van der Waals surface area contributed by atoms with Gasteiger partial charge in [0.2, 0.25) is 0 Å². The quantitative estimate of drug-likeness (QED) is 0.877. The Kier molecular flexibility index (Phi) is 5.05. The van der Waals surface area contributed by atoms with Gasteiger partial charge in [-0.1, -0.05) is 29.8 Å². The number of halogens is 1. The number of benzene rings is 1. The second kappa shape index (κ2) is 7.04. The van der Waals surface area contributed by atoms with Crippen LogP contribution in [0.4, 0.5) is 0 Å². The summed E-state index contributed by atoms with van der Waals surface area (Å²) in [5.41, 5.74) is 1.06. The molecule has 0 bridgehead atoms. The van der Waals surface area contributed by atoms with Crippen LogP contribution < -0.4 is 0 Å². The predicted octanol–water partition coefficient (Wildman–Crippen LogP) is 4.60. The van der Waals surface area contributed by atoms with E-state index < -0.39 is 5.97 Å². The second-order valence-corrected chi connectivity index (χ2v) is 7.77. The fourth-order valence-corrected chi connectivity index (χ4v) is 4.54. The SMILES string of the molecule is Cc1ccc(C(c2ccccc2Cl)N2CCCC(C(=O)O)C2)s1. The van der Waals surface area contributed by atoms with Crippen LogP contribution in [0.5, 0.6) is 0 Å². The Morgan fingerprint density at radius 2 is 2.13 bits per heavy atom. The number of carboxylic acids is 1. The van der Waals surface area contributed by atoms with E-state index in [9.17, 15) is 9.90 Å². The largest absolute Gasteiger partial charge is 0.481 e. The number of hydrogen-bond donors (Lipinski definition) is 1. The van der Waals surface area contributed by atoms with Crippen LogP contribution in [0, 0.1) is 12.8 Å². The summed E-state index contributed by atoms with van der Waals surface area (Å²) in [7, 11) is 0. The first-order valence-electron chi connectivity index (χ1n) is 7.84. The first kappa shape index (κ1) is 16.5. The topological polar surface area (TPSA) is 40.5 Å². The third-order valence-corrected chi connectivity index (χ3v) is 5.79. The van der Waals surface area contributed by atoms with Crippen LogP contribution >= 0.6 is 22.9 Å². The minimum atomic E-state index is -0.699. The molecule has 0 radical (unpaired) electrons. The van der Waals surface area contributed by atoms with E-state index in [2.05, 4.69) is 24.0 Å². The van der Waals surface area contributed by atoms with E-state index >= 15 is 0 Å². The number of piperidine rings is 1. The van der Waals surface area contributed by atoms with Gasteiger partial charge in [-0.2, -0.15) is 0 Å². The van der Waals surface area contributed by atoms with Gasteiger partial charge in [0.1, 0.15) is 0 Å². The van der Waals surface area contributed by atoms with Gasteiger partial charge in [0.25, 0.3) is 0 Å². The van der Waals surface area contributed by atoms with Crippen LogP contribution in [0.2, 0.25) is 5.02 Å². The summed E-state index contributed by atoms with van der Waals surface area (Å²) in [6.07, 6.45) is 1.66. The van der Waals surface area contributed by atoms with Crippen molar-refractivity contribution in [2.24, 2.45) is 5.92 Å². The average Bonchev–Trinajstić information content (AvgIpc) is 2.96. The lowest BCUT2D eigenvalue weighted by Gasteiger charge is -2.37. The lowest BCUT2D eigenvalue weighted by atomic mass is 9.94. The molecule has 1 N–H and O–H groups in total. The van der Waals surface area contributed by atoms with Crippen LogP contribution in [0.25, 0.3) is 0 Å². The van der Waals surface area contributed by atoms with E-state index in [1.165, 1.54) is 9.75 Å². The zero-order valence-electron chi connectivity index (χ0n) is 13.0. The maximum atomic E-state index is 11.4. The van der Waals surface area contributed by atoms with Gasteiger partial charge in [-0.3, -0.25) is 9.69 Å². The van der Waals surface area contributed by atoms with E-state index in [-0.39, 0.29) is 12.0 Å². The molecule has 2 aromatic rings. The average molecular weight is 350 g/mol. The molecule has 1 aliphatic rings. The summed E-state index contributed by atoms with van der Waals surface area (Å²) in [6, 6.07) is 12.2. The van der Waals surface area contributed by atoms with E-state index in [4.69, 9.17) is 11.6 Å². The number of aliphatic carboxylic acids is 1. The van der Waals surface area contributed by atoms with Crippen molar-refractivity contribution in [1.82, 2.24) is 4.90 Å². The molecule has 0 amide bonds. The number of carboxylic acid groups (broad SMARTS) is 1. The minimum Gasteiger partial charge on any atom is -0.481 e. The molecule has 0 saturated carbocycles. The van der Waals surface area contributed by atoms with Crippen molar-refractivity contribution >= 4 is 28.9 Å². The second-order valence-electron chi connectivity index (χ2n) is 6.04. The van der Waals surface area contributed by atoms with Crippen LogP contribution in [-0.2, 0) is 4.79 Å². The number of thiophene rings is 1. The van der Waals surface area contributed by atoms with Crippen LogP contribution in [-0.4, -0.2) is 29.1 Å². The lowest BCUT2D eigenvalue weighted by Crippen LogP contribution is -2.41. The molecule has 0 spiro atoms. The Morgan fingerprint density at radius 3 is 2.78 bits per heavy atom. The van der Waals surface area contributed by atoms with E-state index in [0.29, 0.717) is 6.54 Å². The molecule has 2 atom stereocenters. The Labute approximate surface area is 145 Å². The molecule has 1 saturated heterocycles. The van der Waals surface area contributed by atoms with E-state index in [1.807, 2.05) is 24.3 Å². The Hall–Kier alpha value is -1.36. The van der Waals surface area contributed by atoms with Crippen LogP contribution in [0.15, 0.2) is 36.4 Å². The van der Waals surface area contributed by atoms with E-state index in [0.717, 1.165) is 30.0 Å². The fraction of sp³-hybridized carbons (Fsp3) is 0.389. The minimum absolute atomic E-state index is 0.0320. The van der Waals surface area contributed by atoms with Crippen molar-refractivity contribution in [3.05, 3.63) is 56.7 Å². The fourth-order valence-electron chi connectivity index (χ4n) is 3.27. The van der Waals surface area contributed by atoms with Gasteiger partial charge in [-0.25, -0.2) is 0 Å². The van der Waals surface area contributed by atoms with Crippen molar-refractivity contribution in [2.45, 2.75) is 25.8 Å². The lowest BCUT2D eigenvalue weighted by molar-refractivity contribution is -0.143. The highest BCUT2D eigenvalue weighted by atomic mass is 35.5. The Morgan fingerprint density at radius 1 is 1.35 bits per heavy atom. The molecule has 1 fully saturated rings. The number of hydrogen-bond acceptors (Lipinski definition) is 3. The number of rotatable bonds is 4. The highest BCUT2D eigenvalue weighted by Gasteiger charge is 2.32. The molecular formula is C18H20ClNO2S. The highest BCUT2D eigenvalue weighted by Crippen LogP contribution is 2.38. The third-order valence-electron chi connectivity index (χ3n) is 4.40. The first-order chi connectivity index (χ1) is 11.1. The normalized spacial score (nSPS) is 20.3. The van der Waals surface area contributed by atoms with Crippen molar-refractivity contribution < 1.29 is 9.90 Å². The monoisotopic (exact) mass is 349 g/mol. The van der Waals surface area contributed by atoms with Gasteiger partial charge in [-0.15, -0.1) is 11.3 Å². The standard InChI is InChI=1S/C18H20ClNO2S/c1-12-8-9-16(23-12)17(14-6-2-3-7-15(14)19)20-10-4-5-13(11-20)18(21)22/h2-3,6-9,13,17H,4-5,10-11H2,1H3,(H,21,22). The van der Waals surface area contributed by atoms with Gasteiger partial charge in [0.15, 0.2) is 0 Å². The summed E-state index contributed by atoms with van der Waals surface area (Å²) in [5, 5.41) is 10.1. The number of aryl methyl sites for hydroxylation is 1. The predicted molar refractivity (Wildman–Crippen MR) is 94.3 cm³/mol. The molecule has 1 aromatic carbocycles. The van der Waals surface area contributed by atoms with Gasteiger partial charge in [0, 0.05) is 21.3 Å². The zero-order valence-corrected chi connectivity index (χ0v) is 14.6. The number of likely N-dealkylation sites (tertiary alicyclic amines) is 1. The zero-order chi connectivity index (χ0) is 16.4. The van der Waals surface area contributed by atoms with Gasteiger partial charge in [-0.05, 0) is 50.1 Å². The molecule has 122 valence electrons. The molecule has 3 rings (SSSR count). The molecule has 0 aliphatic carbocycles. The molecule has 23 heavy (non-hydrogen) atoms. The summed E-state index contributed by atoms with van der Waals surface area (Å²) in [5.74, 6) is -0.996. The Bertz CT molecular complexity index is 700. The first-order valence-corrected chi connectivity index (χ1v) is 9.03. The molecule has 1 aliphatic heterocycles. The van der Waals surface area contributed by atoms with Crippen molar-refractivity contribution in [3.8, 4) is 0 Å². The molecule has 5 heteroatoms. The maximum Gasteiger partial charge on any atom is 0.307 e. The van der Waals surface area contributed by atoms with Crippen molar-refractivity contribution in [2.75, 3.05) is 13.1 Å². The molecule has 3 nitrogen and oxygen atoms in total. The van der Waals surface area contributed by atoms with Crippen molar-refractivity contribution in [1.29, 1.82) is 0 Å². The van der Waals surface area contributed by atoms with Crippen LogP contribution in [0.3, 0.4) is 0 Å². The smallest absolute Gasteiger partial charge is 0.307 e. The maximum absolute atomic E-state index is 11.4. The summed E-state index contributed by atoms with van der Waals surface area (Å²) >= 11 is 8.21. The molecule has 1 aromatic heterocycles. The highest BCUT2D eigenvalue weighted by molar-refractivity contribution is 7.12. The molecule has 2 unspecified atom stereocenters. The third kappa shape index (κ3) is 3.60. The summed E-state index contributed by atoms with van der Waals surface area (Å²) in [6.45, 7) is 3.56. The van der Waals surface area contributed by atoms with E-state index in [1.54, 1.807) is 11.3 Å². The summed E-state index contributed by atoms with van der Waals surface area (Å²) < 4.78 is 0. The Balaban J connectivity index is 1.98. The van der Waals surface area contributed by atoms with Gasteiger partial charge < -0.3 is 5.11 Å².